The van der Waals surface area contributed by atoms with Crippen molar-refractivity contribution >= 4 is 17.8 Å². The third-order valence-electron chi connectivity index (χ3n) is 7.29. The minimum absolute atomic E-state index is 0.0342. The fourth-order valence-electron chi connectivity index (χ4n) is 5.24. The predicted molar refractivity (Wildman–Crippen MR) is 143 cm³/mol. The quantitative estimate of drug-likeness (QED) is 0.495. The van der Waals surface area contributed by atoms with Gasteiger partial charge < -0.3 is 19.9 Å². The molecule has 1 atom stereocenters. The minimum atomic E-state index is -0.579. The Labute approximate surface area is 223 Å². The van der Waals surface area contributed by atoms with Gasteiger partial charge >= 0.3 is 5.97 Å². The lowest BCUT2D eigenvalue weighted by atomic mass is 9.83. The van der Waals surface area contributed by atoms with Gasteiger partial charge in [-0.1, -0.05) is 30.7 Å². The van der Waals surface area contributed by atoms with Crippen LogP contribution in [0.5, 0.6) is 0 Å². The molecule has 1 fully saturated rings. The van der Waals surface area contributed by atoms with Gasteiger partial charge in [0.15, 0.2) is 0 Å². The van der Waals surface area contributed by atoms with Crippen molar-refractivity contribution in [1.29, 1.82) is 0 Å². The lowest BCUT2D eigenvalue weighted by Gasteiger charge is -2.34. The van der Waals surface area contributed by atoms with Gasteiger partial charge in [0.1, 0.15) is 5.82 Å². The number of hydrogen-bond donors (Lipinski definition) is 1. The van der Waals surface area contributed by atoms with Crippen molar-refractivity contribution in [3.63, 3.8) is 0 Å². The Balaban J connectivity index is 1.45. The average molecular weight is 522 g/mol. The number of nitrogens with zero attached hydrogens (tertiary/aromatic N) is 2. The van der Waals surface area contributed by atoms with Crippen LogP contribution in [-0.4, -0.2) is 60.4 Å². The van der Waals surface area contributed by atoms with Gasteiger partial charge in [-0.25, -0.2) is 9.18 Å². The Bertz CT molecular complexity index is 1190. The lowest BCUT2D eigenvalue weighted by molar-refractivity contribution is -0.140. The standard InChI is InChI=1S/C30H36FN3O4/c1-3-38-30(37)28-21(2)34(27(35)19-26(28)24-8-7-9-25(31)18-24)20-22-10-12-23(13-11-22)29(36)32-14-17-33-15-5-4-6-16-33/h7-13,18,26H,3-6,14-17,19-20H2,1-2H3,(H,32,36). The van der Waals surface area contributed by atoms with Crippen LogP contribution in [0, 0.1) is 5.82 Å². The molecule has 4 rings (SSSR count). The number of carbonyl (C=O) groups is 3. The number of benzene rings is 2. The summed E-state index contributed by atoms with van der Waals surface area (Å²) < 4.78 is 19.2. The smallest absolute Gasteiger partial charge is 0.336 e. The number of piperidine rings is 1. The summed E-state index contributed by atoms with van der Waals surface area (Å²) in [6, 6.07) is 13.1. The number of likely N-dealkylation sites (tertiary alicyclic amines) is 1. The van der Waals surface area contributed by atoms with Gasteiger partial charge in [-0.15, -0.1) is 0 Å². The molecule has 1 saturated heterocycles. The zero-order valence-electron chi connectivity index (χ0n) is 22.2. The summed E-state index contributed by atoms with van der Waals surface area (Å²) in [5, 5.41) is 2.99. The van der Waals surface area contributed by atoms with E-state index in [0.717, 1.165) is 25.2 Å². The molecule has 0 radical (unpaired) electrons. The molecule has 2 aromatic rings. The van der Waals surface area contributed by atoms with Crippen LogP contribution >= 0.6 is 0 Å². The monoisotopic (exact) mass is 521 g/mol. The molecule has 7 nitrogen and oxygen atoms in total. The summed E-state index contributed by atoms with van der Waals surface area (Å²) in [4.78, 5) is 42.7. The highest BCUT2D eigenvalue weighted by molar-refractivity contribution is 5.96. The molecule has 0 aromatic heterocycles. The number of nitrogens with one attached hydrogen (secondary N) is 1. The van der Waals surface area contributed by atoms with Gasteiger partial charge in [-0.2, -0.15) is 0 Å². The number of halogens is 1. The first-order valence-corrected chi connectivity index (χ1v) is 13.4. The largest absolute Gasteiger partial charge is 0.463 e. The second-order valence-corrected chi connectivity index (χ2v) is 9.87. The van der Waals surface area contributed by atoms with E-state index in [1.54, 1.807) is 43.0 Å². The number of amides is 2. The lowest BCUT2D eigenvalue weighted by Crippen LogP contribution is -2.38. The van der Waals surface area contributed by atoms with Crippen LogP contribution in [0.1, 0.15) is 66.9 Å². The van der Waals surface area contributed by atoms with Gasteiger partial charge in [-0.3, -0.25) is 9.59 Å². The molecule has 0 aliphatic carbocycles. The molecule has 2 aliphatic rings. The number of allylic oxidation sites excluding steroid dienone is 1. The Morgan fingerprint density at radius 2 is 1.82 bits per heavy atom. The predicted octanol–water partition coefficient (Wildman–Crippen LogP) is 4.39. The maximum atomic E-state index is 13.9. The van der Waals surface area contributed by atoms with Crippen LogP contribution in [0.3, 0.4) is 0 Å². The van der Waals surface area contributed by atoms with E-state index in [-0.39, 0.29) is 31.4 Å². The molecular weight excluding hydrogens is 485 g/mol. The first kappa shape index (κ1) is 27.5. The van der Waals surface area contributed by atoms with E-state index in [0.29, 0.717) is 28.9 Å². The second-order valence-electron chi connectivity index (χ2n) is 9.87. The zero-order chi connectivity index (χ0) is 27.1. The average Bonchev–Trinajstić information content (AvgIpc) is 2.91. The molecule has 0 saturated carbocycles. The van der Waals surface area contributed by atoms with E-state index < -0.39 is 17.7 Å². The summed E-state index contributed by atoms with van der Waals surface area (Å²) in [5.41, 5.74) is 2.81. The van der Waals surface area contributed by atoms with E-state index >= 15 is 0 Å². The number of hydrogen-bond acceptors (Lipinski definition) is 5. The SMILES string of the molecule is CCOC(=O)C1=C(C)N(Cc2ccc(C(=O)NCCN3CCCCC3)cc2)C(=O)CC1c1cccc(F)c1. The Morgan fingerprint density at radius 3 is 2.50 bits per heavy atom. The van der Waals surface area contributed by atoms with Crippen LogP contribution in [0.2, 0.25) is 0 Å². The van der Waals surface area contributed by atoms with Crippen LogP contribution in [-0.2, 0) is 20.9 Å². The summed E-state index contributed by atoms with van der Waals surface area (Å²) in [5.74, 6) is -1.79. The van der Waals surface area contributed by atoms with Crippen molar-refractivity contribution in [1.82, 2.24) is 15.1 Å². The van der Waals surface area contributed by atoms with E-state index in [4.69, 9.17) is 4.74 Å². The van der Waals surface area contributed by atoms with Crippen LogP contribution in [0.15, 0.2) is 59.8 Å². The molecular formula is C30H36FN3O4. The normalized spacial score (nSPS) is 18.4. The highest BCUT2D eigenvalue weighted by Gasteiger charge is 2.37. The van der Waals surface area contributed by atoms with Crippen molar-refractivity contribution in [2.75, 3.05) is 32.8 Å². The number of rotatable bonds is 9. The highest BCUT2D eigenvalue weighted by Crippen LogP contribution is 2.38. The molecule has 8 heteroatoms. The first-order valence-electron chi connectivity index (χ1n) is 13.4. The van der Waals surface area contributed by atoms with E-state index in [9.17, 15) is 18.8 Å². The Hall–Kier alpha value is -3.52. The maximum absolute atomic E-state index is 13.9. The molecule has 38 heavy (non-hydrogen) atoms. The topological polar surface area (TPSA) is 79.0 Å². The molecule has 1 N–H and O–H groups in total. The fraction of sp³-hybridized carbons (Fsp3) is 0.433. The summed E-state index contributed by atoms with van der Waals surface area (Å²) in [6.45, 7) is 7.54. The molecule has 2 heterocycles. The zero-order valence-corrected chi connectivity index (χ0v) is 22.2. The van der Waals surface area contributed by atoms with Gasteiger partial charge in [0.05, 0.1) is 18.7 Å². The number of esters is 1. The Kier molecular flexibility index (Phi) is 9.29. The van der Waals surface area contributed by atoms with Crippen LogP contribution in [0.25, 0.3) is 0 Å². The summed E-state index contributed by atoms with van der Waals surface area (Å²) >= 11 is 0. The van der Waals surface area contributed by atoms with Gasteiger partial charge in [0, 0.05) is 36.7 Å². The van der Waals surface area contributed by atoms with Gasteiger partial charge in [0.25, 0.3) is 5.91 Å². The number of ether oxygens (including phenoxy) is 1. The van der Waals surface area contributed by atoms with Crippen molar-refractivity contribution in [3.8, 4) is 0 Å². The van der Waals surface area contributed by atoms with Crippen molar-refractivity contribution < 1.29 is 23.5 Å². The third kappa shape index (κ3) is 6.67. The number of carbonyl (C=O) groups excluding carboxylic acids is 3. The fourth-order valence-corrected chi connectivity index (χ4v) is 5.24. The van der Waals surface area contributed by atoms with Crippen LogP contribution < -0.4 is 5.32 Å². The highest BCUT2D eigenvalue weighted by atomic mass is 19.1. The van der Waals surface area contributed by atoms with Gasteiger partial charge in [-0.05, 0) is 75.2 Å². The van der Waals surface area contributed by atoms with Crippen molar-refractivity contribution in [3.05, 3.63) is 82.3 Å². The molecule has 1 unspecified atom stereocenters. The minimum Gasteiger partial charge on any atom is -0.463 e. The van der Waals surface area contributed by atoms with Crippen molar-refractivity contribution in [2.45, 2.75) is 52.0 Å². The first-order chi connectivity index (χ1) is 18.4. The maximum Gasteiger partial charge on any atom is 0.336 e. The molecule has 0 bridgehead atoms. The molecule has 202 valence electrons. The van der Waals surface area contributed by atoms with Gasteiger partial charge in [0.2, 0.25) is 5.91 Å². The molecule has 0 spiro atoms. The van der Waals surface area contributed by atoms with Crippen molar-refractivity contribution in [2.24, 2.45) is 0 Å². The summed E-state index contributed by atoms with van der Waals surface area (Å²) in [7, 11) is 0. The van der Waals surface area contributed by atoms with E-state index in [2.05, 4.69) is 10.2 Å². The molecule has 2 aromatic carbocycles. The molecule has 2 amide bonds. The van der Waals surface area contributed by atoms with E-state index in [1.807, 2.05) is 12.1 Å². The molecule has 2 aliphatic heterocycles. The second kappa shape index (κ2) is 12.8. The Morgan fingerprint density at radius 1 is 1.08 bits per heavy atom. The summed E-state index contributed by atoms with van der Waals surface area (Å²) in [6.07, 6.45) is 3.75. The third-order valence-corrected chi connectivity index (χ3v) is 7.29. The van der Waals surface area contributed by atoms with E-state index in [1.165, 1.54) is 31.4 Å². The van der Waals surface area contributed by atoms with Crippen LogP contribution in [0.4, 0.5) is 4.39 Å².